The molecule has 3 unspecified atom stereocenters. The number of esters is 1. The zero-order chi connectivity index (χ0) is 43.8. The minimum absolute atomic E-state index is 0.0492. The number of hydrogen-bond acceptors (Lipinski definition) is 5. The van der Waals surface area contributed by atoms with Gasteiger partial charge in [-0.1, -0.05) is 204 Å². The van der Waals surface area contributed by atoms with Crippen LogP contribution in [-0.2, 0) is 14.3 Å². The lowest BCUT2D eigenvalue weighted by Gasteiger charge is -2.24. The quantitative estimate of drug-likeness (QED) is 0.0322. The van der Waals surface area contributed by atoms with Crippen LogP contribution >= 0.6 is 0 Å². The van der Waals surface area contributed by atoms with Crippen LogP contribution in [0.2, 0.25) is 0 Å². The van der Waals surface area contributed by atoms with Gasteiger partial charge in [0.1, 0.15) is 6.10 Å². The average molecular weight is 840 g/mol. The van der Waals surface area contributed by atoms with E-state index in [2.05, 4.69) is 86.8 Å². The predicted octanol–water partition coefficient (Wildman–Crippen LogP) is 15.2. The molecule has 0 aliphatic rings. The second-order valence-electron chi connectivity index (χ2n) is 17.2. The number of hydrogen-bond donors (Lipinski definition) is 3. The Morgan fingerprint density at radius 3 is 1.35 bits per heavy atom. The van der Waals surface area contributed by atoms with E-state index in [9.17, 15) is 19.8 Å². The van der Waals surface area contributed by atoms with E-state index in [0.717, 1.165) is 70.6 Å². The van der Waals surface area contributed by atoms with Crippen LogP contribution in [0.1, 0.15) is 245 Å². The second-order valence-corrected chi connectivity index (χ2v) is 17.2. The zero-order valence-corrected chi connectivity index (χ0v) is 39.6. The first-order chi connectivity index (χ1) is 29.5. The molecule has 0 saturated heterocycles. The molecule has 6 nitrogen and oxygen atoms in total. The van der Waals surface area contributed by atoms with E-state index in [1.807, 2.05) is 0 Å². The van der Waals surface area contributed by atoms with Gasteiger partial charge in [-0.3, -0.25) is 9.59 Å². The summed E-state index contributed by atoms with van der Waals surface area (Å²) in [7, 11) is 0. The number of amides is 1. The van der Waals surface area contributed by atoms with Gasteiger partial charge in [0.05, 0.1) is 25.2 Å². The fourth-order valence-corrected chi connectivity index (χ4v) is 7.42. The number of aliphatic hydroxyl groups is 2. The smallest absolute Gasteiger partial charge is 0.306 e. The average Bonchev–Trinajstić information content (AvgIpc) is 3.24. The Kier molecular flexibility index (Phi) is 45.7. The van der Waals surface area contributed by atoms with Gasteiger partial charge >= 0.3 is 5.97 Å². The number of unbranched alkanes of at least 4 members (excludes halogenated alkanes) is 23. The molecule has 6 heteroatoms. The normalized spacial score (nSPS) is 13.8. The fourth-order valence-electron chi connectivity index (χ4n) is 7.42. The number of allylic oxidation sites excluding steroid dienone is 10. The number of nitrogens with one attached hydrogen (secondary N) is 1. The SMILES string of the molecule is CCCCC/C=C\C/C=C\C/C=C\C/C=C\CCCC(=O)OC(CCCCCCC/C=C\CCCCCC)CC(=O)NC(CO)C(O)CCCCCCCCCCCCC. The molecule has 0 aromatic heterocycles. The van der Waals surface area contributed by atoms with Crippen LogP contribution in [0.4, 0.5) is 0 Å². The maximum absolute atomic E-state index is 13.2. The van der Waals surface area contributed by atoms with Crippen molar-refractivity contribution < 1.29 is 24.5 Å². The standard InChI is InChI=1S/C54H97NO5/c1-4-7-10-13-16-19-22-24-25-26-27-29-32-35-38-41-44-47-54(59)60-50(45-42-39-36-33-31-28-23-20-17-14-11-8-5-2)48-53(58)55-51(49-56)52(57)46-43-40-37-34-30-21-18-15-12-9-6-3/h16,19-20,23-25,27,29,35,38,50-52,56-57H,4-15,17-18,21-22,26,28,30-34,36-37,39-49H2,1-3H3,(H,55,58)/b19-16-,23-20-,25-24-,29-27-,38-35-. The van der Waals surface area contributed by atoms with Crippen LogP contribution in [0.3, 0.4) is 0 Å². The number of carbonyl (C=O) groups excluding carboxylic acids is 2. The van der Waals surface area contributed by atoms with Crippen LogP contribution in [0.15, 0.2) is 60.8 Å². The Bertz CT molecular complexity index is 1080. The summed E-state index contributed by atoms with van der Waals surface area (Å²) in [5.74, 6) is -0.548. The van der Waals surface area contributed by atoms with E-state index in [4.69, 9.17) is 4.74 Å². The molecule has 0 heterocycles. The highest BCUT2D eigenvalue weighted by molar-refractivity contribution is 5.77. The fraction of sp³-hybridized carbons (Fsp3) is 0.778. The zero-order valence-electron chi connectivity index (χ0n) is 39.6. The molecule has 0 aromatic carbocycles. The Labute approximate surface area is 371 Å². The number of rotatable bonds is 45. The molecule has 0 spiro atoms. The van der Waals surface area contributed by atoms with Crippen molar-refractivity contribution in [2.75, 3.05) is 6.61 Å². The summed E-state index contributed by atoms with van der Waals surface area (Å²) >= 11 is 0. The van der Waals surface area contributed by atoms with Crippen molar-refractivity contribution in [3.63, 3.8) is 0 Å². The number of ether oxygens (including phenoxy) is 1. The summed E-state index contributed by atoms with van der Waals surface area (Å²) in [4.78, 5) is 26.1. The first kappa shape index (κ1) is 57.6. The van der Waals surface area contributed by atoms with E-state index in [0.29, 0.717) is 25.7 Å². The summed E-state index contributed by atoms with van der Waals surface area (Å²) in [5, 5.41) is 23.7. The van der Waals surface area contributed by atoms with E-state index >= 15 is 0 Å². The summed E-state index contributed by atoms with van der Waals surface area (Å²) in [6, 6.07) is -0.715. The van der Waals surface area contributed by atoms with E-state index < -0.39 is 18.2 Å². The first-order valence-electron chi connectivity index (χ1n) is 25.5. The Hall–Kier alpha value is -2.44. The maximum Gasteiger partial charge on any atom is 0.306 e. The summed E-state index contributed by atoms with van der Waals surface area (Å²) in [6.45, 7) is 6.42. The lowest BCUT2D eigenvalue weighted by atomic mass is 10.0. The molecule has 0 radical (unpaired) electrons. The van der Waals surface area contributed by atoms with Gasteiger partial charge in [-0.05, 0) is 89.9 Å². The molecular formula is C54H97NO5. The lowest BCUT2D eigenvalue weighted by molar-refractivity contribution is -0.151. The highest BCUT2D eigenvalue weighted by atomic mass is 16.5. The third-order valence-corrected chi connectivity index (χ3v) is 11.3. The predicted molar refractivity (Wildman–Crippen MR) is 259 cm³/mol. The molecule has 1 amide bonds. The molecule has 0 saturated carbocycles. The molecule has 3 atom stereocenters. The Morgan fingerprint density at radius 2 is 0.850 bits per heavy atom. The highest BCUT2D eigenvalue weighted by Crippen LogP contribution is 2.17. The molecule has 0 rings (SSSR count). The van der Waals surface area contributed by atoms with Crippen LogP contribution in [-0.4, -0.2) is 46.9 Å². The van der Waals surface area contributed by atoms with E-state index in [-0.39, 0.29) is 24.9 Å². The van der Waals surface area contributed by atoms with Gasteiger partial charge in [-0.15, -0.1) is 0 Å². The molecular weight excluding hydrogens is 743 g/mol. The minimum Gasteiger partial charge on any atom is -0.462 e. The van der Waals surface area contributed by atoms with Gasteiger partial charge < -0.3 is 20.3 Å². The van der Waals surface area contributed by atoms with Crippen LogP contribution in [0, 0.1) is 0 Å². The van der Waals surface area contributed by atoms with Gasteiger partial charge in [0.15, 0.2) is 0 Å². The lowest BCUT2D eigenvalue weighted by Crippen LogP contribution is -2.46. The molecule has 348 valence electrons. The van der Waals surface area contributed by atoms with Crippen LogP contribution < -0.4 is 5.32 Å². The number of aliphatic hydroxyl groups excluding tert-OH is 2. The second kappa shape index (κ2) is 47.6. The molecule has 0 aromatic rings. The van der Waals surface area contributed by atoms with Crippen molar-refractivity contribution in [1.29, 1.82) is 0 Å². The van der Waals surface area contributed by atoms with Crippen molar-refractivity contribution in [3.8, 4) is 0 Å². The van der Waals surface area contributed by atoms with Crippen molar-refractivity contribution in [2.45, 2.75) is 264 Å². The third kappa shape index (κ3) is 42.3. The monoisotopic (exact) mass is 840 g/mol. The highest BCUT2D eigenvalue weighted by Gasteiger charge is 2.24. The van der Waals surface area contributed by atoms with Gasteiger partial charge in [0, 0.05) is 6.42 Å². The Morgan fingerprint density at radius 1 is 0.483 bits per heavy atom. The first-order valence-corrected chi connectivity index (χ1v) is 25.5. The molecule has 3 N–H and O–H groups in total. The molecule has 0 aliphatic heterocycles. The van der Waals surface area contributed by atoms with Crippen LogP contribution in [0.5, 0.6) is 0 Å². The minimum atomic E-state index is -0.799. The van der Waals surface area contributed by atoms with E-state index in [1.165, 1.54) is 122 Å². The maximum atomic E-state index is 13.2. The Balaban J connectivity index is 4.68. The van der Waals surface area contributed by atoms with Crippen molar-refractivity contribution >= 4 is 11.9 Å². The van der Waals surface area contributed by atoms with Gasteiger partial charge in [-0.2, -0.15) is 0 Å². The number of carbonyl (C=O) groups is 2. The molecule has 0 bridgehead atoms. The van der Waals surface area contributed by atoms with Crippen molar-refractivity contribution in [3.05, 3.63) is 60.8 Å². The topological polar surface area (TPSA) is 95.9 Å². The summed E-state index contributed by atoms with van der Waals surface area (Å²) in [6.07, 6.45) is 58.5. The third-order valence-electron chi connectivity index (χ3n) is 11.3. The largest absolute Gasteiger partial charge is 0.462 e. The molecule has 60 heavy (non-hydrogen) atoms. The van der Waals surface area contributed by atoms with Crippen LogP contribution in [0.25, 0.3) is 0 Å². The summed E-state index contributed by atoms with van der Waals surface area (Å²) < 4.78 is 5.90. The molecule has 0 fully saturated rings. The summed E-state index contributed by atoms with van der Waals surface area (Å²) in [5.41, 5.74) is 0. The van der Waals surface area contributed by atoms with Gasteiger partial charge in [0.25, 0.3) is 0 Å². The van der Waals surface area contributed by atoms with Gasteiger partial charge in [-0.25, -0.2) is 0 Å². The van der Waals surface area contributed by atoms with Gasteiger partial charge in [0.2, 0.25) is 5.91 Å². The van der Waals surface area contributed by atoms with Crippen molar-refractivity contribution in [1.82, 2.24) is 5.32 Å². The van der Waals surface area contributed by atoms with E-state index in [1.54, 1.807) is 0 Å². The molecule has 0 aliphatic carbocycles. The van der Waals surface area contributed by atoms with Crippen molar-refractivity contribution in [2.24, 2.45) is 0 Å².